The second-order valence-corrected chi connectivity index (χ2v) is 5.64. The van der Waals surface area contributed by atoms with Crippen molar-refractivity contribution in [3.8, 4) is 10.4 Å². The van der Waals surface area contributed by atoms with E-state index in [1.54, 1.807) is 11.3 Å². The van der Waals surface area contributed by atoms with Gasteiger partial charge in [-0.15, -0.1) is 11.3 Å². The number of halogens is 1. The van der Waals surface area contributed by atoms with Gasteiger partial charge in [0.2, 0.25) is 5.95 Å². The molecule has 0 spiro atoms. The topological polar surface area (TPSA) is 37.8 Å². The number of rotatable bonds is 4. The summed E-state index contributed by atoms with van der Waals surface area (Å²) in [6.07, 6.45) is 3.67. The van der Waals surface area contributed by atoms with Crippen LogP contribution in [0.1, 0.15) is 5.56 Å². The Kier molecular flexibility index (Phi) is 3.95. The van der Waals surface area contributed by atoms with Crippen molar-refractivity contribution in [2.24, 2.45) is 0 Å². The van der Waals surface area contributed by atoms with Crippen molar-refractivity contribution < 1.29 is 0 Å². The monoisotopic (exact) mass is 301 g/mol. The van der Waals surface area contributed by atoms with Crippen LogP contribution in [0.15, 0.2) is 54.2 Å². The van der Waals surface area contributed by atoms with Crippen LogP contribution in [0.3, 0.4) is 0 Å². The molecule has 0 saturated heterocycles. The highest BCUT2D eigenvalue weighted by atomic mass is 35.5. The number of nitrogens with one attached hydrogen (secondary N) is 1. The zero-order chi connectivity index (χ0) is 13.8. The second kappa shape index (κ2) is 6.03. The van der Waals surface area contributed by atoms with Crippen molar-refractivity contribution >= 4 is 28.9 Å². The van der Waals surface area contributed by atoms with Gasteiger partial charge in [-0.1, -0.05) is 29.8 Å². The van der Waals surface area contributed by atoms with Crippen molar-refractivity contribution in [3.63, 3.8) is 0 Å². The third kappa shape index (κ3) is 3.15. The molecule has 0 fully saturated rings. The first-order valence-electron chi connectivity index (χ1n) is 6.15. The van der Waals surface area contributed by atoms with Gasteiger partial charge in [0.25, 0.3) is 0 Å². The van der Waals surface area contributed by atoms with E-state index in [0.717, 1.165) is 16.1 Å². The summed E-state index contributed by atoms with van der Waals surface area (Å²) in [7, 11) is 0. The minimum atomic E-state index is 0.625. The second-order valence-electron chi connectivity index (χ2n) is 4.25. The highest BCUT2D eigenvalue weighted by Crippen LogP contribution is 2.23. The number of aromatic nitrogens is 2. The van der Waals surface area contributed by atoms with E-state index in [0.29, 0.717) is 12.5 Å². The lowest BCUT2D eigenvalue weighted by Crippen LogP contribution is -2.03. The molecule has 0 aliphatic carbocycles. The molecular formula is C15H12ClN3S. The van der Waals surface area contributed by atoms with Gasteiger partial charge in [-0.3, -0.25) is 0 Å². The van der Waals surface area contributed by atoms with Crippen LogP contribution in [0.4, 0.5) is 5.95 Å². The van der Waals surface area contributed by atoms with Gasteiger partial charge in [-0.25, -0.2) is 9.97 Å². The molecule has 3 rings (SSSR count). The number of nitrogens with zero attached hydrogens (tertiary/aromatic N) is 2. The van der Waals surface area contributed by atoms with Crippen molar-refractivity contribution in [1.29, 1.82) is 0 Å². The third-order valence-electron chi connectivity index (χ3n) is 2.82. The summed E-state index contributed by atoms with van der Waals surface area (Å²) >= 11 is 7.53. The Labute approximate surface area is 126 Å². The Balaban J connectivity index is 1.65. The number of benzene rings is 1. The van der Waals surface area contributed by atoms with Gasteiger partial charge < -0.3 is 5.32 Å². The fourth-order valence-corrected chi connectivity index (χ4v) is 2.60. The molecule has 0 unspecified atom stereocenters. The molecule has 0 amide bonds. The molecule has 3 aromatic rings. The fourth-order valence-electron chi connectivity index (χ4n) is 1.77. The first-order chi connectivity index (χ1) is 9.81. The first-order valence-corrected chi connectivity index (χ1v) is 7.41. The van der Waals surface area contributed by atoms with E-state index in [1.807, 2.05) is 48.1 Å². The minimum Gasteiger partial charge on any atom is -0.350 e. The lowest BCUT2D eigenvalue weighted by molar-refractivity contribution is 1.06. The van der Waals surface area contributed by atoms with Crippen molar-refractivity contribution in [2.75, 3.05) is 5.32 Å². The average molecular weight is 302 g/mol. The summed E-state index contributed by atoms with van der Waals surface area (Å²) in [4.78, 5) is 9.83. The Hall–Kier alpha value is -1.91. The maximum Gasteiger partial charge on any atom is 0.222 e. The molecule has 1 aromatic carbocycles. The van der Waals surface area contributed by atoms with Crippen molar-refractivity contribution in [3.05, 3.63) is 64.8 Å². The zero-order valence-corrected chi connectivity index (χ0v) is 12.2. The van der Waals surface area contributed by atoms with Gasteiger partial charge in [0, 0.05) is 34.4 Å². The summed E-state index contributed by atoms with van der Waals surface area (Å²) in [5.41, 5.74) is 2.18. The molecule has 0 atom stereocenters. The Morgan fingerprint density at radius 2 is 1.80 bits per heavy atom. The van der Waals surface area contributed by atoms with Crippen LogP contribution in [0, 0.1) is 0 Å². The Morgan fingerprint density at radius 3 is 2.45 bits per heavy atom. The molecule has 0 aliphatic rings. The molecule has 0 aliphatic heterocycles. The fraction of sp³-hybridized carbons (Fsp3) is 0.0667. The largest absolute Gasteiger partial charge is 0.350 e. The predicted octanol–water partition coefficient (Wildman–Crippen LogP) is 4.47. The van der Waals surface area contributed by atoms with Gasteiger partial charge >= 0.3 is 0 Å². The Morgan fingerprint density at radius 1 is 1.05 bits per heavy atom. The normalized spacial score (nSPS) is 10.4. The third-order valence-corrected chi connectivity index (χ3v) is 3.99. The SMILES string of the molecule is Clc1ccc(CNc2ncc(-c3cccs3)cn2)cc1. The summed E-state index contributed by atoms with van der Waals surface area (Å²) < 4.78 is 0. The molecule has 20 heavy (non-hydrogen) atoms. The molecule has 100 valence electrons. The highest BCUT2D eigenvalue weighted by molar-refractivity contribution is 7.13. The molecule has 2 aromatic heterocycles. The molecule has 1 N–H and O–H groups in total. The molecule has 0 saturated carbocycles. The molecule has 0 radical (unpaired) electrons. The lowest BCUT2D eigenvalue weighted by atomic mass is 10.2. The van der Waals surface area contributed by atoms with E-state index < -0.39 is 0 Å². The highest BCUT2D eigenvalue weighted by Gasteiger charge is 2.01. The maximum absolute atomic E-state index is 5.85. The summed E-state index contributed by atoms with van der Waals surface area (Å²) in [6.45, 7) is 0.676. The summed E-state index contributed by atoms with van der Waals surface area (Å²) in [6, 6.07) is 11.8. The number of anilines is 1. The summed E-state index contributed by atoms with van der Waals surface area (Å²) in [5.74, 6) is 0.625. The van der Waals surface area contributed by atoms with Crippen LogP contribution >= 0.6 is 22.9 Å². The summed E-state index contributed by atoms with van der Waals surface area (Å²) in [5, 5.41) is 5.98. The molecule has 5 heteroatoms. The zero-order valence-electron chi connectivity index (χ0n) is 10.6. The number of hydrogen-bond donors (Lipinski definition) is 1. The minimum absolute atomic E-state index is 0.625. The van der Waals surface area contributed by atoms with E-state index in [9.17, 15) is 0 Å². The van der Waals surface area contributed by atoms with Gasteiger partial charge in [0.15, 0.2) is 0 Å². The van der Waals surface area contributed by atoms with Crippen LogP contribution in [0.2, 0.25) is 5.02 Å². The van der Waals surface area contributed by atoms with Gasteiger partial charge in [0.05, 0.1) is 0 Å². The van der Waals surface area contributed by atoms with Crippen molar-refractivity contribution in [2.45, 2.75) is 6.54 Å². The van der Waals surface area contributed by atoms with E-state index >= 15 is 0 Å². The maximum atomic E-state index is 5.85. The smallest absolute Gasteiger partial charge is 0.222 e. The average Bonchev–Trinajstić information content (AvgIpc) is 3.01. The Bertz CT molecular complexity index is 663. The van der Waals surface area contributed by atoms with E-state index in [1.165, 1.54) is 4.88 Å². The van der Waals surface area contributed by atoms with Gasteiger partial charge in [-0.2, -0.15) is 0 Å². The molecular weight excluding hydrogens is 290 g/mol. The van der Waals surface area contributed by atoms with Crippen LogP contribution in [0.5, 0.6) is 0 Å². The van der Waals surface area contributed by atoms with Crippen LogP contribution < -0.4 is 5.32 Å². The molecule has 3 nitrogen and oxygen atoms in total. The van der Waals surface area contributed by atoms with Crippen LogP contribution in [0.25, 0.3) is 10.4 Å². The van der Waals surface area contributed by atoms with E-state index in [4.69, 9.17) is 11.6 Å². The van der Waals surface area contributed by atoms with Gasteiger partial charge in [-0.05, 0) is 29.1 Å². The van der Waals surface area contributed by atoms with E-state index in [-0.39, 0.29) is 0 Å². The van der Waals surface area contributed by atoms with Gasteiger partial charge in [0.1, 0.15) is 0 Å². The van der Waals surface area contributed by atoms with Crippen molar-refractivity contribution in [1.82, 2.24) is 9.97 Å². The quantitative estimate of drug-likeness (QED) is 0.772. The number of thiophene rings is 1. The predicted molar refractivity (Wildman–Crippen MR) is 84.1 cm³/mol. The van der Waals surface area contributed by atoms with Crippen LogP contribution in [-0.4, -0.2) is 9.97 Å². The van der Waals surface area contributed by atoms with E-state index in [2.05, 4.69) is 21.4 Å². The first kappa shape index (κ1) is 13.1. The standard InChI is InChI=1S/C15H12ClN3S/c16-13-5-3-11(4-6-13)8-17-15-18-9-12(10-19-15)14-2-1-7-20-14/h1-7,9-10H,8H2,(H,17,18,19). The lowest BCUT2D eigenvalue weighted by Gasteiger charge is -2.05. The number of hydrogen-bond acceptors (Lipinski definition) is 4. The molecule has 0 bridgehead atoms. The molecule has 2 heterocycles. The van der Waals surface area contributed by atoms with Crippen LogP contribution in [-0.2, 0) is 6.54 Å².